The molecule has 1 aromatic carbocycles. The largest absolute Gasteiger partial charge is 0.496 e. The zero-order valence-corrected chi connectivity index (χ0v) is 12.0. The lowest BCUT2D eigenvalue weighted by atomic mass is 9.73. The van der Waals surface area contributed by atoms with Crippen molar-refractivity contribution in [1.82, 2.24) is 5.32 Å². The van der Waals surface area contributed by atoms with Gasteiger partial charge in [0.2, 0.25) is 0 Å². The first-order valence-electron chi connectivity index (χ1n) is 7.19. The first kappa shape index (κ1) is 13.4. The number of benzene rings is 1. The van der Waals surface area contributed by atoms with Crippen LogP contribution in [0.4, 0.5) is 0 Å². The second kappa shape index (κ2) is 5.44. The van der Waals surface area contributed by atoms with Crippen LogP contribution in [-0.2, 0) is 22.4 Å². The van der Waals surface area contributed by atoms with Crippen molar-refractivity contribution in [3.8, 4) is 5.75 Å². The molecule has 20 heavy (non-hydrogen) atoms. The van der Waals surface area contributed by atoms with Gasteiger partial charge in [-0.3, -0.25) is 4.79 Å². The topological polar surface area (TPSA) is 47.6 Å². The molecule has 0 amide bonds. The van der Waals surface area contributed by atoms with Crippen LogP contribution in [0.2, 0.25) is 0 Å². The summed E-state index contributed by atoms with van der Waals surface area (Å²) >= 11 is 0. The zero-order chi connectivity index (χ0) is 14.1. The van der Waals surface area contributed by atoms with Crippen molar-refractivity contribution in [3.05, 3.63) is 29.3 Å². The van der Waals surface area contributed by atoms with Crippen molar-refractivity contribution in [2.75, 3.05) is 20.8 Å². The number of hydrogen-bond donors (Lipinski definition) is 1. The molecular formula is C16H21NO3. The van der Waals surface area contributed by atoms with Crippen LogP contribution in [0.5, 0.6) is 5.75 Å². The zero-order valence-electron chi connectivity index (χ0n) is 12.0. The summed E-state index contributed by atoms with van der Waals surface area (Å²) in [5.41, 5.74) is 2.68. The number of ether oxygens (including phenoxy) is 2. The van der Waals surface area contributed by atoms with Gasteiger partial charge < -0.3 is 14.8 Å². The summed E-state index contributed by atoms with van der Waals surface area (Å²) in [4.78, 5) is 11.7. The molecule has 1 heterocycles. The minimum Gasteiger partial charge on any atom is -0.496 e. The molecule has 2 aliphatic rings. The van der Waals surface area contributed by atoms with E-state index in [1.807, 2.05) is 6.07 Å². The average molecular weight is 275 g/mol. The third-order valence-corrected chi connectivity index (χ3v) is 4.67. The summed E-state index contributed by atoms with van der Waals surface area (Å²) in [5.74, 6) is 1.34. The van der Waals surface area contributed by atoms with Gasteiger partial charge in [0.25, 0.3) is 0 Å². The Morgan fingerprint density at radius 3 is 2.90 bits per heavy atom. The average Bonchev–Trinajstić information content (AvgIpc) is 2.50. The van der Waals surface area contributed by atoms with Gasteiger partial charge in [0.15, 0.2) is 0 Å². The van der Waals surface area contributed by atoms with Crippen molar-refractivity contribution in [1.29, 1.82) is 0 Å². The minimum absolute atomic E-state index is 0.0162. The van der Waals surface area contributed by atoms with Gasteiger partial charge in [0.05, 0.1) is 20.1 Å². The van der Waals surface area contributed by atoms with Gasteiger partial charge in [-0.1, -0.05) is 12.1 Å². The quantitative estimate of drug-likeness (QED) is 0.832. The fourth-order valence-electron chi connectivity index (χ4n) is 3.61. The number of carbonyl (C=O) groups excluding carboxylic acids is 1. The van der Waals surface area contributed by atoms with Crippen molar-refractivity contribution in [3.63, 3.8) is 0 Å². The second-order valence-corrected chi connectivity index (χ2v) is 5.74. The van der Waals surface area contributed by atoms with Crippen LogP contribution >= 0.6 is 0 Å². The highest BCUT2D eigenvalue weighted by molar-refractivity contribution is 5.72. The van der Waals surface area contributed by atoms with E-state index in [0.29, 0.717) is 12.0 Å². The highest BCUT2D eigenvalue weighted by Gasteiger charge is 2.37. The fraction of sp³-hybridized carbons (Fsp3) is 0.562. The van der Waals surface area contributed by atoms with E-state index in [1.165, 1.54) is 18.2 Å². The summed E-state index contributed by atoms with van der Waals surface area (Å²) < 4.78 is 10.4. The molecule has 3 atom stereocenters. The molecule has 1 aliphatic carbocycles. The first-order valence-corrected chi connectivity index (χ1v) is 7.19. The molecule has 0 radical (unpaired) electrons. The number of nitrogens with one attached hydrogen (secondary N) is 1. The number of esters is 1. The van der Waals surface area contributed by atoms with E-state index in [1.54, 1.807) is 7.11 Å². The Bertz CT molecular complexity index is 514. The Labute approximate surface area is 119 Å². The number of carbonyl (C=O) groups is 1. The molecule has 1 saturated heterocycles. The molecule has 1 fully saturated rings. The van der Waals surface area contributed by atoms with Crippen molar-refractivity contribution < 1.29 is 14.3 Å². The fourth-order valence-corrected chi connectivity index (χ4v) is 3.61. The molecule has 3 rings (SSSR count). The van der Waals surface area contributed by atoms with Crippen LogP contribution in [0.15, 0.2) is 18.2 Å². The standard InChI is InChI=1S/C16H21NO3/c1-19-15-5-3-4-10-8-14-11(7-13(10)15)6-12(9-17-14)16(18)20-2/h3-5,11-12,14,17H,6-9H2,1-2H3/t11-,12-,14-/m1/s1. The predicted molar refractivity (Wildman–Crippen MR) is 75.8 cm³/mol. The number of rotatable bonds is 2. The first-order chi connectivity index (χ1) is 9.72. The van der Waals surface area contributed by atoms with Gasteiger partial charge in [0.1, 0.15) is 5.75 Å². The van der Waals surface area contributed by atoms with E-state index < -0.39 is 0 Å². The van der Waals surface area contributed by atoms with Gasteiger partial charge in [-0.05, 0) is 42.4 Å². The summed E-state index contributed by atoms with van der Waals surface area (Å²) in [7, 11) is 3.19. The van der Waals surface area contributed by atoms with E-state index in [4.69, 9.17) is 9.47 Å². The Kier molecular flexibility index (Phi) is 3.66. The Hall–Kier alpha value is -1.55. The van der Waals surface area contributed by atoms with E-state index in [0.717, 1.165) is 31.6 Å². The molecule has 0 saturated carbocycles. The molecule has 0 spiro atoms. The maximum absolute atomic E-state index is 11.7. The van der Waals surface area contributed by atoms with Crippen LogP contribution < -0.4 is 10.1 Å². The molecule has 108 valence electrons. The highest BCUT2D eigenvalue weighted by atomic mass is 16.5. The molecule has 0 aromatic heterocycles. The maximum atomic E-state index is 11.7. The van der Waals surface area contributed by atoms with Crippen LogP contribution in [0.25, 0.3) is 0 Å². The highest BCUT2D eigenvalue weighted by Crippen LogP contribution is 2.37. The monoisotopic (exact) mass is 275 g/mol. The van der Waals surface area contributed by atoms with Crippen molar-refractivity contribution in [2.45, 2.75) is 25.3 Å². The third kappa shape index (κ3) is 2.29. The van der Waals surface area contributed by atoms with Gasteiger partial charge in [-0.15, -0.1) is 0 Å². The Balaban J connectivity index is 1.82. The summed E-state index contributed by atoms with van der Waals surface area (Å²) in [6, 6.07) is 6.73. The molecule has 1 aromatic rings. The van der Waals surface area contributed by atoms with E-state index >= 15 is 0 Å². The number of fused-ring (bicyclic) bond motifs is 2. The lowest BCUT2D eigenvalue weighted by Gasteiger charge is -2.40. The molecule has 1 N–H and O–H groups in total. The van der Waals surface area contributed by atoms with Crippen molar-refractivity contribution >= 4 is 5.97 Å². The SMILES string of the molecule is COC(=O)[C@H]1CN[C@@H]2Cc3cccc(OC)c3C[C@H]2C1. The lowest BCUT2D eigenvalue weighted by molar-refractivity contribution is -0.146. The Morgan fingerprint density at radius 1 is 1.30 bits per heavy atom. The van der Waals surface area contributed by atoms with Gasteiger partial charge in [0, 0.05) is 12.6 Å². The van der Waals surface area contributed by atoms with Crippen LogP contribution in [0, 0.1) is 11.8 Å². The molecule has 0 bridgehead atoms. The number of methoxy groups -OCH3 is 2. The predicted octanol–water partition coefficient (Wildman–Crippen LogP) is 1.56. The molecule has 4 nitrogen and oxygen atoms in total. The Morgan fingerprint density at radius 2 is 2.15 bits per heavy atom. The van der Waals surface area contributed by atoms with E-state index in [-0.39, 0.29) is 11.9 Å². The van der Waals surface area contributed by atoms with Gasteiger partial charge >= 0.3 is 5.97 Å². The summed E-state index contributed by atoms with van der Waals surface area (Å²) in [5, 5.41) is 3.52. The smallest absolute Gasteiger partial charge is 0.309 e. The number of piperidine rings is 1. The maximum Gasteiger partial charge on any atom is 0.309 e. The molecular weight excluding hydrogens is 254 g/mol. The van der Waals surface area contributed by atoms with Gasteiger partial charge in [-0.2, -0.15) is 0 Å². The minimum atomic E-state index is -0.0956. The number of hydrogen-bond acceptors (Lipinski definition) is 4. The van der Waals surface area contributed by atoms with Gasteiger partial charge in [-0.25, -0.2) is 0 Å². The summed E-state index contributed by atoms with van der Waals surface area (Å²) in [6.45, 7) is 0.729. The molecule has 1 aliphatic heterocycles. The van der Waals surface area contributed by atoms with E-state index in [2.05, 4.69) is 17.4 Å². The molecule has 0 unspecified atom stereocenters. The molecule has 4 heteroatoms. The van der Waals surface area contributed by atoms with Crippen LogP contribution in [-0.4, -0.2) is 32.8 Å². The summed E-state index contributed by atoms with van der Waals surface area (Å²) in [6.07, 6.45) is 2.90. The van der Waals surface area contributed by atoms with E-state index in [9.17, 15) is 4.79 Å². The third-order valence-electron chi connectivity index (χ3n) is 4.67. The lowest BCUT2D eigenvalue weighted by Crippen LogP contribution is -2.51. The van der Waals surface area contributed by atoms with Crippen LogP contribution in [0.1, 0.15) is 17.5 Å². The van der Waals surface area contributed by atoms with Crippen molar-refractivity contribution in [2.24, 2.45) is 11.8 Å². The van der Waals surface area contributed by atoms with Crippen LogP contribution in [0.3, 0.4) is 0 Å². The normalized spacial score (nSPS) is 28.2. The second-order valence-electron chi connectivity index (χ2n) is 5.74.